The fraction of sp³-hybridized carbons (Fsp3) is 0.143. The lowest BCUT2D eigenvalue weighted by Crippen LogP contribution is -2.02. The summed E-state index contributed by atoms with van der Waals surface area (Å²) in [5.41, 5.74) is -0.482. The van der Waals surface area contributed by atoms with Crippen LogP contribution >= 0.6 is 11.6 Å². The Labute approximate surface area is 84.0 Å². The fourth-order valence-corrected chi connectivity index (χ4v) is 0.905. The minimum atomic E-state index is -0.728. The molecule has 1 aromatic heterocycles. The van der Waals surface area contributed by atoms with Crippen molar-refractivity contribution in [2.24, 2.45) is 0 Å². The number of hydrogen-bond acceptors (Lipinski definition) is 5. The van der Waals surface area contributed by atoms with E-state index in [2.05, 4.69) is 15.9 Å². The predicted octanol–water partition coefficient (Wildman–Crippen LogP) is 1.05. The minimum absolute atomic E-state index is 0.117. The zero-order valence-electron chi connectivity index (χ0n) is 6.81. The van der Waals surface area contributed by atoms with E-state index < -0.39 is 10.6 Å². The molecule has 0 spiro atoms. The third-order valence-corrected chi connectivity index (χ3v) is 1.50. The van der Waals surface area contributed by atoms with Crippen LogP contribution in [0.15, 0.2) is 6.33 Å². The Bertz CT molecular complexity index is 402. The predicted molar refractivity (Wildman–Crippen MR) is 48.0 cm³/mol. The van der Waals surface area contributed by atoms with Crippen molar-refractivity contribution in [2.45, 2.75) is 0 Å². The molecule has 6 nitrogen and oxygen atoms in total. The first-order chi connectivity index (χ1) is 6.66. The van der Waals surface area contributed by atoms with Gasteiger partial charge in [0, 0.05) is 0 Å². The van der Waals surface area contributed by atoms with Crippen molar-refractivity contribution < 1.29 is 9.66 Å². The maximum atomic E-state index is 10.5. The number of ether oxygens (including phenoxy) is 1. The van der Waals surface area contributed by atoms with Crippen molar-refractivity contribution in [2.75, 3.05) is 6.61 Å². The Hall–Kier alpha value is -1.87. The normalized spacial score (nSPS) is 9.14. The summed E-state index contributed by atoms with van der Waals surface area (Å²) in [6.45, 7) is -0.117. The lowest BCUT2D eigenvalue weighted by atomic mass is 10.5. The first kappa shape index (κ1) is 10.2. The van der Waals surface area contributed by atoms with Gasteiger partial charge < -0.3 is 4.74 Å². The van der Waals surface area contributed by atoms with Gasteiger partial charge in [-0.15, -0.1) is 6.42 Å². The molecule has 14 heavy (non-hydrogen) atoms. The van der Waals surface area contributed by atoms with Gasteiger partial charge in [-0.1, -0.05) is 17.5 Å². The van der Waals surface area contributed by atoms with Crippen molar-refractivity contribution in [1.29, 1.82) is 0 Å². The van der Waals surface area contributed by atoms with Gasteiger partial charge in [-0.05, 0) is 0 Å². The van der Waals surface area contributed by atoms with E-state index in [4.69, 9.17) is 22.8 Å². The van der Waals surface area contributed by atoms with Crippen molar-refractivity contribution in [3.8, 4) is 18.2 Å². The molecule has 7 heteroatoms. The first-order valence-electron chi connectivity index (χ1n) is 3.38. The highest BCUT2D eigenvalue weighted by molar-refractivity contribution is 6.31. The molecule has 0 aromatic carbocycles. The molecule has 1 aromatic rings. The van der Waals surface area contributed by atoms with Crippen LogP contribution in [-0.2, 0) is 0 Å². The van der Waals surface area contributed by atoms with Gasteiger partial charge in [-0.25, -0.2) is 4.98 Å². The molecule has 0 radical (unpaired) electrons. The number of aromatic nitrogens is 2. The summed E-state index contributed by atoms with van der Waals surface area (Å²) in [6, 6.07) is 0. The summed E-state index contributed by atoms with van der Waals surface area (Å²) >= 11 is 5.48. The van der Waals surface area contributed by atoms with Gasteiger partial charge in [0.15, 0.2) is 6.61 Å². The summed E-state index contributed by atoms with van der Waals surface area (Å²) in [6.07, 6.45) is 5.98. The van der Waals surface area contributed by atoms with Crippen LogP contribution in [-0.4, -0.2) is 21.5 Å². The molecule has 0 amide bonds. The zero-order chi connectivity index (χ0) is 10.6. The molecule has 0 aliphatic rings. The molecular formula is C7H4ClN3O3. The van der Waals surface area contributed by atoms with E-state index >= 15 is 0 Å². The van der Waals surface area contributed by atoms with Crippen LogP contribution in [0.4, 0.5) is 5.69 Å². The first-order valence-corrected chi connectivity index (χ1v) is 3.75. The SMILES string of the molecule is C#CCOc1ncnc(Cl)c1[N+](=O)[O-]. The molecule has 0 saturated heterocycles. The van der Waals surface area contributed by atoms with E-state index in [0.29, 0.717) is 0 Å². The van der Waals surface area contributed by atoms with E-state index in [1.807, 2.05) is 0 Å². The number of nitrogens with zero attached hydrogens (tertiary/aromatic N) is 3. The van der Waals surface area contributed by atoms with Crippen LogP contribution in [0.5, 0.6) is 5.88 Å². The molecule has 1 heterocycles. The monoisotopic (exact) mass is 213 g/mol. The summed E-state index contributed by atoms with van der Waals surface area (Å²) in [5, 5.41) is 10.2. The molecule has 0 N–H and O–H groups in total. The highest BCUT2D eigenvalue weighted by Gasteiger charge is 2.22. The van der Waals surface area contributed by atoms with Crippen LogP contribution in [0, 0.1) is 22.5 Å². The number of halogens is 1. The van der Waals surface area contributed by atoms with Crippen LogP contribution in [0.1, 0.15) is 0 Å². The third-order valence-electron chi connectivity index (χ3n) is 1.22. The van der Waals surface area contributed by atoms with E-state index in [9.17, 15) is 10.1 Å². The van der Waals surface area contributed by atoms with Gasteiger partial charge in [0.1, 0.15) is 6.33 Å². The molecule has 0 saturated carbocycles. The number of nitro groups is 1. The largest absolute Gasteiger partial charge is 0.460 e. The summed E-state index contributed by atoms with van der Waals surface area (Å²) in [4.78, 5) is 16.8. The second-order valence-corrected chi connectivity index (χ2v) is 2.43. The average Bonchev–Trinajstić information content (AvgIpc) is 2.14. The van der Waals surface area contributed by atoms with Gasteiger partial charge in [0.05, 0.1) is 4.92 Å². The molecule has 1 rings (SSSR count). The summed E-state index contributed by atoms with van der Waals surface area (Å²) in [7, 11) is 0. The second-order valence-electron chi connectivity index (χ2n) is 2.07. The molecule has 0 aliphatic heterocycles. The molecule has 0 aliphatic carbocycles. The molecular weight excluding hydrogens is 210 g/mol. The van der Waals surface area contributed by atoms with Crippen LogP contribution in [0.2, 0.25) is 5.15 Å². The lowest BCUT2D eigenvalue weighted by molar-refractivity contribution is -0.386. The van der Waals surface area contributed by atoms with Crippen LogP contribution in [0.3, 0.4) is 0 Å². The maximum absolute atomic E-state index is 10.5. The van der Waals surface area contributed by atoms with E-state index in [-0.39, 0.29) is 17.6 Å². The molecule has 0 unspecified atom stereocenters. The van der Waals surface area contributed by atoms with Crippen molar-refractivity contribution >= 4 is 17.3 Å². The van der Waals surface area contributed by atoms with E-state index in [1.54, 1.807) is 0 Å². The smallest absolute Gasteiger partial charge is 0.367 e. The minimum Gasteiger partial charge on any atom is -0.460 e. The highest BCUT2D eigenvalue weighted by atomic mass is 35.5. The Kier molecular flexibility index (Phi) is 3.20. The third kappa shape index (κ3) is 2.08. The average molecular weight is 214 g/mol. The second kappa shape index (κ2) is 4.39. The van der Waals surface area contributed by atoms with Crippen molar-refractivity contribution in [3.63, 3.8) is 0 Å². The molecule has 0 atom stereocenters. The zero-order valence-corrected chi connectivity index (χ0v) is 7.56. The van der Waals surface area contributed by atoms with Gasteiger partial charge in [-0.3, -0.25) is 10.1 Å². The molecule has 0 fully saturated rings. The summed E-state index contributed by atoms with van der Waals surface area (Å²) in [5.74, 6) is 1.92. The Morgan fingerprint density at radius 1 is 1.71 bits per heavy atom. The fourth-order valence-electron chi connectivity index (χ4n) is 0.712. The van der Waals surface area contributed by atoms with Gasteiger partial charge in [0.2, 0.25) is 5.15 Å². The Morgan fingerprint density at radius 2 is 2.43 bits per heavy atom. The van der Waals surface area contributed by atoms with Crippen LogP contribution in [0.25, 0.3) is 0 Å². The maximum Gasteiger partial charge on any atom is 0.367 e. The Morgan fingerprint density at radius 3 is 3.00 bits per heavy atom. The van der Waals surface area contributed by atoms with Gasteiger partial charge in [0.25, 0.3) is 5.88 Å². The van der Waals surface area contributed by atoms with Crippen LogP contribution < -0.4 is 4.74 Å². The van der Waals surface area contributed by atoms with Gasteiger partial charge >= 0.3 is 5.69 Å². The standard InChI is InChI=1S/C7H4ClN3O3/c1-2-3-14-7-5(11(12)13)6(8)9-4-10-7/h1,4H,3H2. The number of hydrogen-bond donors (Lipinski definition) is 0. The molecule has 72 valence electrons. The van der Waals surface area contributed by atoms with E-state index in [1.165, 1.54) is 0 Å². The lowest BCUT2D eigenvalue weighted by Gasteiger charge is -2.01. The summed E-state index contributed by atoms with van der Waals surface area (Å²) < 4.78 is 4.82. The molecule has 0 bridgehead atoms. The van der Waals surface area contributed by atoms with Crippen molar-refractivity contribution in [1.82, 2.24) is 9.97 Å². The van der Waals surface area contributed by atoms with Crippen molar-refractivity contribution in [3.05, 3.63) is 21.6 Å². The quantitative estimate of drug-likeness (QED) is 0.325. The van der Waals surface area contributed by atoms with Gasteiger partial charge in [-0.2, -0.15) is 4.98 Å². The highest BCUT2D eigenvalue weighted by Crippen LogP contribution is 2.29. The number of rotatable bonds is 3. The van der Waals surface area contributed by atoms with E-state index in [0.717, 1.165) is 6.33 Å². The number of terminal acetylenes is 1. The Balaban J connectivity index is 3.09. The topological polar surface area (TPSA) is 78.2 Å².